The summed E-state index contributed by atoms with van der Waals surface area (Å²) >= 11 is 1.72. The Morgan fingerprint density at radius 1 is 1.00 bits per heavy atom. The summed E-state index contributed by atoms with van der Waals surface area (Å²) in [7, 11) is 0. The summed E-state index contributed by atoms with van der Waals surface area (Å²) in [5, 5.41) is 5.54. The SMILES string of the molecule is CC(=O)Nc1ccc(NC(=O)CCc2ccc(C)s2)cc1. The predicted molar refractivity (Wildman–Crippen MR) is 86.8 cm³/mol. The van der Waals surface area contributed by atoms with Crippen LogP contribution in [0.1, 0.15) is 23.1 Å². The third-order valence-electron chi connectivity index (χ3n) is 2.88. The Morgan fingerprint density at radius 3 is 2.14 bits per heavy atom. The molecule has 2 N–H and O–H groups in total. The van der Waals surface area contributed by atoms with Crippen molar-refractivity contribution in [3.63, 3.8) is 0 Å². The molecule has 2 rings (SSSR count). The van der Waals surface area contributed by atoms with Gasteiger partial charge in [-0.1, -0.05) is 0 Å². The second kappa shape index (κ2) is 7.04. The number of benzene rings is 1. The maximum Gasteiger partial charge on any atom is 0.224 e. The molecule has 0 bridgehead atoms. The quantitative estimate of drug-likeness (QED) is 0.887. The van der Waals surface area contributed by atoms with Gasteiger partial charge in [-0.15, -0.1) is 11.3 Å². The molecule has 0 aliphatic heterocycles. The van der Waals surface area contributed by atoms with Crippen LogP contribution in [0.5, 0.6) is 0 Å². The Morgan fingerprint density at radius 2 is 1.62 bits per heavy atom. The van der Waals surface area contributed by atoms with Gasteiger partial charge in [0.1, 0.15) is 0 Å². The highest BCUT2D eigenvalue weighted by Crippen LogP contribution is 2.17. The Labute approximate surface area is 128 Å². The van der Waals surface area contributed by atoms with Gasteiger partial charge in [0, 0.05) is 34.5 Å². The molecular weight excluding hydrogens is 284 g/mol. The maximum atomic E-state index is 11.9. The zero-order valence-electron chi connectivity index (χ0n) is 12.1. The summed E-state index contributed by atoms with van der Waals surface area (Å²) in [4.78, 5) is 25.3. The molecule has 5 heteroatoms. The Balaban J connectivity index is 1.83. The van der Waals surface area contributed by atoms with Gasteiger partial charge in [0.05, 0.1) is 0 Å². The van der Waals surface area contributed by atoms with E-state index in [-0.39, 0.29) is 11.8 Å². The fourth-order valence-electron chi connectivity index (χ4n) is 1.92. The maximum absolute atomic E-state index is 11.9. The molecule has 110 valence electrons. The molecule has 0 aliphatic carbocycles. The van der Waals surface area contributed by atoms with E-state index in [1.807, 2.05) is 0 Å². The predicted octanol–water partition coefficient (Wildman–Crippen LogP) is 3.59. The number of carbonyl (C=O) groups excluding carboxylic acids is 2. The number of thiophene rings is 1. The molecule has 0 radical (unpaired) electrons. The van der Waals surface area contributed by atoms with Crippen molar-refractivity contribution < 1.29 is 9.59 Å². The molecule has 4 nitrogen and oxygen atoms in total. The first-order valence-electron chi connectivity index (χ1n) is 6.76. The van der Waals surface area contributed by atoms with Crippen LogP contribution in [-0.2, 0) is 16.0 Å². The normalized spacial score (nSPS) is 10.2. The van der Waals surface area contributed by atoms with E-state index < -0.39 is 0 Å². The summed E-state index contributed by atoms with van der Waals surface area (Å²) in [6.45, 7) is 3.52. The van der Waals surface area contributed by atoms with Gasteiger partial charge in [-0.2, -0.15) is 0 Å². The Bertz CT molecular complexity index is 632. The number of hydrogen-bond acceptors (Lipinski definition) is 3. The van der Waals surface area contributed by atoms with E-state index in [1.54, 1.807) is 35.6 Å². The van der Waals surface area contributed by atoms with Crippen molar-refractivity contribution >= 4 is 34.5 Å². The van der Waals surface area contributed by atoms with Crippen LogP contribution in [0, 0.1) is 6.92 Å². The summed E-state index contributed by atoms with van der Waals surface area (Å²) in [5.74, 6) is -0.119. The summed E-state index contributed by atoms with van der Waals surface area (Å²) in [5.41, 5.74) is 1.45. The van der Waals surface area contributed by atoms with Crippen LogP contribution in [-0.4, -0.2) is 11.8 Å². The zero-order valence-corrected chi connectivity index (χ0v) is 12.9. The fourth-order valence-corrected chi connectivity index (χ4v) is 2.81. The van der Waals surface area contributed by atoms with Crippen LogP contribution >= 0.6 is 11.3 Å². The average molecular weight is 302 g/mol. The summed E-state index contributed by atoms with van der Waals surface area (Å²) in [6.07, 6.45) is 1.22. The first-order chi connectivity index (χ1) is 10.0. The van der Waals surface area contributed by atoms with Gasteiger partial charge in [-0.25, -0.2) is 0 Å². The Hall–Kier alpha value is -2.14. The van der Waals surface area contributed by atoms with Crippen LogP contribution in [0.4, 0.5) is 11.4 Å². The van der Waals surface area contributed by atoms with Crippen molar-refractivity contribution in [2.75, 3.05) is 10.6 Å². The monoisotopic (exact) mass is 302 g/mol. The molecular formula is C16H18N2O2S. The number of aryl methyl sites for hydroxylation is 2. The highest BCUT2D eigenvalue weighted by atomic mass is 32.1. The van der Waals surface area contributed by atoms with E-state index >= 15 is 0 Å². The standard InChI is InChI=1S/C16H18N2O2S/c1-11-3-8-15(21-11)9-10-16(20)18-14-6-4-13(5-7-14)17-12(2)19/h3-8H,9-10H2,1-2H3,(H,17,19)(H,18,20). The van der Waals surface area contributed by atoms with E-state index in [0.717, 1.165) is 17.8 Å². The Kier molecular flexibility index (Phi) is 5.11. The van der Waals surface area contributed by atoms with Crippen LogP contribution in [0.3, 0.4) is 0 Å². The lowest BCUT2D eigenvalue weighted by Gasteiger charge is -2.06. The smallest absolute Gasteiger partial charge is 0.224 e. The van der Waals surface area contributed by atoms with E-state index in [2.05, 4.69) is 29.7 Å². The molecule has 1 aromatic carbocycles. The first-order valence-corrected chi connectivity index (χ1v) is 7.57. The van der Waals surface area contributed by atoms with E-state index in [1.165, 1.54) is 16.7 Å². The molecule has 0 fully saturated rings. The molecule has 0 saturated heterocycles. The zero-order chi connectivity index (χ0) is 15.2. The lowest BCUT2D eigenvalue weighted by molar-refractivity contribution is -0.116. The topological polar surface area (TPSA) is 58.2 Å². The highest BCUT2D eigenvalue weighted by molar-refractivity contribution is 7.11. The van der Waals surface area contributed by atoms with Gasteiger partial charge < -0.3 is 10.6 Å². The average Bonchev–Trinajstić information content (AvgIpc) is 2.84. The second-order valence-electron chi connectivity index (χ2n) is 4.82. The molecule has 0 unspecified atom stereocenters. The van der Waals surface area contributed by atoms with Gasteiger partial charge in [0.25, 0.3) is 0 Å². The number of hydrogen-bond donors (Lipinski definition) is 2. The fraction of sp³-hybridized carbons (Fsp3) is 0.250. The van der Waals surface area contributed by atoms with Crippen LogP contribution in [0.15, 0.2) is 36.4 Å². The number of rotatable bonds is 5. The third-order valence-corrected chi connectivity index (χ3v) is 3.94. The van der Waals surface area contributed by atoms with E-state index in [4.69, 9.17) is 0 Å². The number of nitrogens with one attached hydrogen (secondary N) is 2. The van der Waals surface area contributed by atoms with E-state index in [0.29, 0.717) is 6.42 Å². The van der Waals surface area contributed by atoms with Gasteiger partial charge in [-0.05, 0) is 49.7 Å². The lowest BCUT2D eigenvalue weighted by atomic mass is 10.2. The molecule has 0 spiro atoms. The van der Waals surface area contributed by atoms with Crippen molar-refractivity contribution in [1.82, 2.24) is 0 Å². The van der Waals surface area contributed by atoms with E-state index in [9.17, 15) is 9.59 Å². The molecule has 1 aromatic heterocycles. The number of carbonyl (C=O) groups is 2. The van der Waals surface area contributed by atoms with Crippen LogP contribution in [0.25, 0.3) is 0 Å². The first kappa shape index (κ1) is 15.3. The lowest BCUT2D eigenvalue weighted by Crippen LogP contribution is -2.12. The van der Waals surface area contributed by atoms with Gasteiger partial charge in [-0.3, -0.25) is 9.59 Å². The molecule has 2 aromatic rings. The molecule has 0 saturated carbocycles. The third kappa shape index (κ3) is 5.04. The number of anilines is 2. The number of amides is 2. The highest BCUT2D eigenvalue weighted by Gasteiger charge is 2.05. The minimum absolute atomic E-state index is 0.00618. The minimum atomic E-state index is -0.113. The van der Waals surface area contributed by atoms with Gasteiger partial charge in [0.15, 0.2) is 0 Å². The van der Waals surface area contributed by atoms with Gasteiger partial charge >= 0.3 is 0 Å². The van der Waals surface area contributed by atoms with Gasteiger partial charge in [0.2, 0.25) is 11.8 Å². The molecule has 21 heavy (non-hydrogen) atoms. The van der Waals surface area contributed by atoms with Crippen molar-refractivity contribution in [1.29, 1.82) is 0 Å². The van der Waals surface area contributed by atoms with Crippen molar-refractivity contribution in [2.45, 2.75) is 26.7 Å². The van der Waals surface area contributed by atoms with Crippen molar-refractivity contribution in [3.8, 4) is 0 Å². The van der Waals surface area contributed by atoms with Crippen LogP contribution < -0.4 is 10.6 Å². The van der Waals surface area contributed by atoms with Crippen LogP contribution in [0.2, 0.25) is 0 Å². The summed E-state index contributed by atoms with van der Waals surface area (Å²) < 4.78 is 0. The second-order valence-corrected chi connectivity index (χ2v) is 6.19. The summed E-state index contributed by atoms with van der Waals surface area (Å²) in [6, 6.07) is 11.2. The molecule has 1 heterocycles. The van der Waals surface area contributed by atoms with Crippen molar-refractivity contribution in [2.24, 2.45) is 0 Å². The molecule has 0 atom stereocenters. The molecule has 2 amide bonds. The minimum Gasteiger partial charge on any atom is -0.326 e. The van der Waals surface area contributed by atoms with Crippen molar-refractivity contribution in [3.05, 3.63) is 46.2 Å². The molecule has 0 aliphatic rings. The largest absolute Gasteiger partial charge is 0.326 e.